The molecule has 0 unspecified atom stereocenters. The minimum atomic E-state index is 0.206. The van der Waals surface area contributed by atoms with Crippen LogP contribution in [0.25, 0.3) is 0 Å². The monoisotopic (exact) mass is 252 g/mol. The Kier molecular flexibility index (Phi) is 5.85. The fraction of sp³-hybridized carbons (Fsp3) is 0.692. The van der Waals surface area contributed by atoms with E-state index in [1.54, 1.807) is 0 Å². The van der Waals surface area contributed by atoms with Crippen molar-refractivity contribution in [1.29, 1.82) is 0 Å². The zero-order valence-corrected chi connectivity index (χ0v) is 11.8. The maximum absolute atomic E-state index is 8.93. The maximum atomic E-state index is 8.93. The molecule has 0 saturated carbocycles. The van der Waals surface area contributed by atoms with E-state index in [9.17, 15) is 0 Å². The van der Waals surface area contributed by atoms with Crippen molar-refractivity contribution in [1.82, 2.24) is 9.97 Å². The molecule has 2 N–H and O–H groups in total. The van der Waals surface area contributed by atoms with Crippen molar-refractivity contribution in [3.05, 3.63) is 11.9 Å². The van der Waals surface area contributed by atoms with Crippen LogP contribution in [0.3, 0.4) is 0 Å². The minimum Gasteiger partial charge on any atom is -0.396 e. The molecule has 0 aliphatic rings. The molecule has 1 rings (SSSR count). The number of aliphatic hydroxyl groups excluding tert-OH is 1. The number of aromatic nitrogens is 2. The number of nitrogens with one attached hydrogen (secondary N) is 1. The topological polar surface area (TPSA) is 61.3 Å². The van der Waals surface area contributed by atoms with Crippen LogP contribution in [0.1, 0.15) is 38.9 Å². The van der Waals surface area contributed by atoms with Crippen LogP contribution in [0, 0.1) is 0 Å². The summed E-state index contributed by atoms with van der Waals surface area (Å²) >= 11 is 0. The van der Waals surface area contributed by atoms with Gasteiger partial charge < -0.3 is 15.3 Å². The first-order valence-corrected chi connectivity index (χ1v) is 6.54. The highest BCUT2D eigenvalue weighted by molar-refractivity contribution is 5.49. The van der Waals surface area contributed by atoms with Gasteiger partial charge in [0.25, 0.3) is 0 Å². The number of aliphatic hydroxyl groups is 1. The summed E-state index contributed by atoms with van der Waals surface area (Å²) in [6.45, 7) is 8.15. The van der Waals surface area contributed by atoms with Crippen molar-refractivity contribution in [2.75, 3.05) is 37.0 Å². The zero-order chi connectivity index (χ0) is 13.5. The van der Waals surface area contributed by atoms with Gasteiger partial charge in [0.15, 0.2) is 0 Å². The Hall–Kier alpha value is -1.36. The number of nitrogens with zero attached hydrogens (tertiary/aromatic N) is 3. The summed E-state index contributed by atoms with van der Waals surface area (Å²) in [7, 11) is 1.86. The molecule has 0 fully saturated rings. The summed E-state index contributed by atoms with van der Waals surface area (Å²) < 4.78 is 0. The molecular weight excluding hydrogens is 228 g/mol. The summed E-state index contributed by atoms with van der Waals surface area (Å²) in [6, 6.07) is 1.95. The third-order valence-corrected chi connectivity index (χ3v) is 2.79. The molecule has 1 heterocycles. The first kappa shape index (κ1) is 14.7. The Morgan fingerprint density at radius 1 is 1.39 bits per heavy atom. The van der Waals surface area contributed by atoms with Gasteiger partial charge in [-0.05, 0) is 13.3 Å². The second kappa shape index (κ2) is 7.16. The summed E-state index contributed by atoms with van der Waals surface area (Å²) in [5.41, 5.74) is 0. The molecule has 0 aliphatic carbocycles. The van der Waals surface area contributed by atoms with Gasteiger partial charge in [0.2, 0.25) is 0 Å². The van der Waals surface area contributed by atoms with Crippen LogP contribution in [-0.4, -0.2) is 41.8 Å². The fourth-order valence-corrected chi connectivity index (χ4v) is 1.70. The van der Waals surface area contributed by atoms with Gasteiger partial charge in [0.1, 0.15) is 17.5 Å². The highest BCUT2D eigenvalue weighted by Crippen LogP contribution is 2.19. The average Bonchev–Trinajstić information content (AvgIpc) is 2.39. The largest absolute Gasteiger partial charge is 0.396 e. The number of rotatable bonds is 7. The number of anilines is 2. The molecule has 0 amide bonds. The smallest absolute Gasteiger partial charge is 0.135 e. The molecule has 0 spiro atoms. The SMILES string of the molecule is CCN(CCCO)c1cc(NC)nc(C(C)C)n1. The summed E-state index contributed by atoms with van der Waals surface area (Å²) in [4.78, 5) is 11.2. The van der Waals surface area contributed by atoms with E-state index in [1.165, 1.54) is 0 Å². The molecule has 0 atom stereocenters. The molecule has 0 aromatic carbocycles. The van der Waals surface area contributed by atoms with Crippen LogP contribution in [0.5, 0.6) is 0 Å². The van der Waals surface area contributed by atoms with Crippen molar-refractivity contribution in [2.24, 2.45) is 0 Å². The minimum absolute atomic E-state index is 0.206. The van der Waals surface area contributed by atoms with Crippen LogP contribution in [0.2, 0.25) is 0 Å². The number of hydrogen-bond acceptors (Lipinski definition) is 5. The van der Waals surface area contributed by atoms with Gasteiger partial charge in [-0.1, -0.05) is 13.8 Å². The first-order valence-electron chi connectivity index (χ1n) is 6.54. The van der Waals surface area contributed by atoms with Gasteiger partial charge in [-0.2, -0.15) is 0 Å². The van der Waals surface area contributed by atoms with Crippen molar-refractivity contribution >= 4 is 11.6 Å². The van der Waals surface area contributed by atoms with E-state index in [0.717, 1.165) is 37.0 Å². The predicted octanol–water partition coefficient (Wildman–Crippen LogP) is 1.85. The number of hydrogen-bond donors (Lipinski definition) is 2. The van der Waals surface area contributed by atoms with E-state index in [4.69, 9.17) is 5.11 Å². The second-order valence-electron chi connectivity index (χ2n) is 4.53. The lowest BCUT2D eigenvalue weighted by Gasteiger charge is -2.23. The Morgan fingerprint density at radius 3 is 2.61 bits per heavy atom. The molecule has 1 aromatic heterocycles. The standard InChI is InChI=1S/C13H24N4O/c1-5-17(7-6-8-18)12-9-11(14-4)15-13(16-12)10(2)3/h9-10,18H,5-8H2,1-4H3,(H,14,15,16). The third-order valence-electron chi connectivity index (χ3n) is 2.79. The highest BCUT2D eigenvalue weighted by atomic mass is 16.3. The molecule has 0 radical (unpaired) electrons. The molecule has 18 heavy (non-hydrogen) atoms. The quantitative estimate of drug-likeness (QED) is 0.775. The van der Waals surface area contributed by atoms with Gasteiger partial charge in [-0.25, -0.2) is 9.97 Å². The molecule has 0 aliphatic heterocycles. The van der Waals surface area contributed by atoms with Crippen LogP contribution in [-0.2, 0) is 0 Å². The summed E-state index contributed by atoms with van der Waals surface area (Å²) in [5, 5.41) is 12.0. The maximum Gasteiger partial charge on any atom is 0.135 e. The third kappa shape index (κ3) is 3.84. The van der Waals surface area contributed by atoms with Gasteiger partial charge in [0, 0.05) is 38.7 Å². The van der Waals surface area contributed by atoms with Crippen molar-refractivity contribution in [2.45, 2.75) is 33.1 Å². The Morgan fingerprint density at radius 2 is 2.11 bits per heavy atom. The van der Waals surface area contributed by atoms with E-state index in [-0.39, 0.29) is 6.61 Å². The molecule has 102 valence electrons. The van der Waals surface area contributed by atoms with E-state index in [2.05, 4.69) is 41.0 Å². The Bertz CT molecular complexity index is 368. The molecule has 0 bridgehead atoms. The first-order chi connectivity index (χ1) is 8.62. The van der Waals surface area contributed by atoms with Crippen molar-refractivity contribution in [3.63, 3.8) is 0 Å². The Balaban J connectivity index is 3.00. The van der Waals surface area contributed by atoms with Crippen LogP contribution >= 0.6 is 0 Å². The molecule has 5 heteroatoms. The van der Waals surface area contributed by atoms with Crippen molar-refractivity contribution < 1.29 is 5.11 Å². The van der Waals surface area contributed by atoms with E-state index in [1.807, 2.05) is 13.1 Å². The predicted molar refractivity (Wildman–Crippen MR) is 75.3 cm³/mol. The van der Waals surface area contributed by atoms with Crippen LogP contribution < -0.4 is 10.2 Å². The van der Waals surface area contributed by atoms with Crippen LogP contribution in [0.4, 0.5) is 11.6 Å². The molecule has 1 aromatic rings. The van der Waals surface area contributed by atoms with E-state index < -0.39 is 0 Å². The van der Waals surface area contributed by atoms with E-state index in [0.29, 0.717) is 5.92 Å². The average molecular weight is 252 g/mol. The molecular formula is C13H24N4O. The van der Waals surface area contributed by atoms with Gasteiger partial charge >= 0.3 is 0 Å². The fourth-order valence-electron chi connectivity index (χ4n) is 1.70. The summed E-state index contributed by atoms with van der Waals surface area (Å²) in [6.07, 6.45) is 0.754. The normalized spacial score (nSPS) is 10.8. The molecule has 5 nitrogen and oxygen atoms in total. The lowest BCUT2D eigenvalue weighted by molar-refractivity contribution is 0.289. The Labute approximate surface area is 109 Å². The second-order valence-corrected chi connectivity index (χ2v) is 4.53. The van der Waals surface area contributed by atoms with Crippen LogP contribution in [0.15, 0.2) is 6.07 Å². The van der Waals surface area contributed by atoms with Crippen molar-refractivity contribution in [3.8, 4) is 0 Å². The lowest BCUT2D eigenvalue weighted by Crippen LogP contribution is -2.26. The zero-order valence-electron chi connectivity index (χ0n) is 11.8. The lowest BCUT2D eigenvalue weighted by atomic mass is 10.2. The summed E-state index contributed by atoms with van der Waals surface area (Å²) in [5.74, 6) is 2.91. The molecule has 0 saturated heterocycles. The van der Waals surface area contributed by atoms with Gasteiger partial charge in [0.05, 0.1) is 0 Å². The van der Waals surface area contributed by atoms with E-state index >= 15 is 0 Å². The highest BCUT2D eigenvalue weighted by Gasteiger charge is 2.11. The van der Waals surface area contributed by atoms with Gasteiger partial charge in [-0.3, -0.25) is 0 Å². The van der Waals surface area contributed by atoms with Gasteiger partial charge in [-0.15, -0.1) is 0 Å².